The summed E-state index contributed by atoms with van der Waals surface area (Å²) in [5.41, 5.74) is 1.98. The second-order valence-corrected chi connectivity index (χ2v) is 3.03. The van der Waals surface area contributed by atoms with Gasteiger partial charge in [-0.1, -0.05) is 12.2 Å². The Kier molecular flexibility index (Phi) is 2.14. The molecule has 1 N–H and O–H groups in total. The van der Waals surface area contributed by atoms with E-state index in [4.69, 9.17) is 5.11 Å². The quantitative estimate of drug-likeness (QED) is 0.734. The van der Waals surface area contributed by atoms with Crippen molar-refractivity contribution in [3.8, 4) is 0 Å². The number of carbonyl (C=O) groups is 1. The molecule has 14 heavy (non-hydrogen) atoms. The lowest BCUT2D eigenvalue weighted by Gasteiger charge is -2.00. The summed E-state index contributed by atoms with van der Waals surface area (Å²) in [4.78, 5) is 14.9. The van der Waals surface area contributed by atoms with Crippen molar-refractivity contribution in [1.82, 2.24) is 0 Å². The summed E-state index contributed by atoms with van der Waals surface area (Å²) in [5.74, 6) is -0.908. The van der Waals surface area contributed by atoms with Gasteiger partial charge in [-0.25, -0.2) is 4.79 Å². The van der Waals surface area contributed by atoms with Gasteiger partial charge < -0.3 is 5.11 Å². The normalized spacial score (nSPS) is 13.4. The van der Waals surface area contributed by atoms with Crippen molar-refractivity contribution in [3.63, 3.8) is 0 Å². The molecule has 0 aliphatic carbocycles. The molecular formula is C11H9NO2. The third-order valence-corrected chi connectivity index (χ3v) is 2.04. The van der Waals surface area contributed by atoms with E-state index < -0.39 is 5.97 Å². The summed E-state index contributed by atoms with van der Waals surface area (Å²) < 4.78 is 0. The van der Waals surface area contributed by atoms with Crippen LogP contribution >= 0.6 is 0 Å². The number of aliphatic imine (C=N–C) groups is 1. The summed E-state index contributed by atoms with van der Waals surface area (Å²) in [6.45, 7) is 0. The van der Waals surface area contributed by atoms with Gasteiger partial charge in [0.05, 0.1) is 11.3 Å². The van der Waals surface area contributed by atoms with Gasteiger partial charge in [0.1, 0.15) is 0 Å². The first-order valence-corrected chi connectivity index (χ1v) is 4.34. The Morgan fingerprint density at radius 3 is 3.07 bits per heavy atom. The van der Waals surface area contributed by atoms with E-state index in [0.717, 1.165) is 17.7 Å². The Morgan fingerprint density at radius 2 is 2.29 bits per heavy atom. The Bertz CT molecular complexity index is 433. The lowest BCUT2D eigenvalue weighted by molar-refractivity contribution is 0.0697. The molecule has 1 aromatic carbocycles. The van der Waals surface area contributed by atoms with Crippen LogP contribution in [-0.2, 0) is 0 Å². The van der Waals surface area contributed by atoms with E-state index in [0.29, 0.717) is 5.56 Å². The van der Waals surface area contributed by atoms with Gasteiger partial charge in [-0.15, -0.1) is 0 Å². The van der Waals surface area contributed by atoms with E-state index in [1.807, 2.05) is 18.4 Å². The maximum absolute atomic E-state index is 10.7. The van der Waals surface area contributed by atoms with E-state index in [9.17, 15) is 4.79 Å². The molecular weight excluding hydrogens is 178 g/mol. The van der Waals surface area contributed by atoms with Crippen LogP contribution in [0.3, 0.4) is 0 Å². The number of hydrogen-bond donors (Lipinski definition) is 1. The number of rotatable bonds is 1. The molecule has 0 unspecified atom stereocenters. The smallest absolute Gasteiger partial charge is 0.335 e. The average molecular weight is 187 g/mol. The lowest BCUT2D eigenvalue weighted by atomic mass is 10.1. The van der Waals surface area contributed by atoms with Crippen molar-refractivity contribution in [2.45, 2.75) is 6.42 Å². The molecule has 1 heterocycles. The van der Waals surface area contributed by atoms with Crippen molar-refractivity contribution in [1.29, 1.82) is 0 Å². The molecule has 0 spiro atoms. The minimum absolute atomic E-state index is 0.297. The predicted octanol–water partition coefficient (Wildman–Crippen LogP) is 2.50. The fourth-order valence-electron chi connectivity index (χ4n) is 1.35. The molecule has 0 saturated heterocycles. The second-order valence-electron chi connectivity index (χ2n) is 3.03. The molecule has 0 bridgehead atoms. The minimum atomic E-state index is -0.908. The molecule has 2 rings (SSSR count). The van der Waals surface area contributed by atoms with E-state index in [1.54, 1.807) is 18.2 Å². The van der Waals surface area contributed by atoms with Crippen LogP contribution in [0.5, 0.6) is 0 Å². The predicted molar refractivity (Wildman–Crippen MR) is 55.2 cm³/mol. The first-order chi connectivity index (χ1) is 6.77. The zero-order valence-electron chi connectivity index (χ0n) is 7.47. The van der Waals surface area contributed by atoms with Crippen molar-refractivity contribution in [2.24, 2.45) is 4.99 Å². The monoisotopic (exact) mass is 187 g/mol. The van der Waals surface area contributed by atoms with Crippen LogP contribution < -0.4 is 0 Å². The second kappa shape index (κ2) is 3.46. The molecule has 1 aliphatic heterocycles. The highest BCUT2D eigenvalue weighted by atomic mass is 16.4. The van der Waals surface area contributed by atoms with Crippen LogP contribution in [0.4, 0.5) is 5.69 Å². The summed E-state index contributed by atoms with van der Waals surface area (Å²) in [6.07, 6.45) is 6.45. The number of carboxylic acids is 1. The Hall–Kier alpha value is -1.90. The molecule has 3 heteroatoms. The molecule has 0 amide bonds. The number of nitrogens with zero attached hydrogens (tertiary/aromatic N) is 1. The maximum atomic E-state index is 10.7. The zero-order chi connectivity index (χ0) is 9.97. The van der Waals surface area contributed by atoms with Gasteiger partial charge in [0, 0.05) is 18.2 Å². The molecule has 0 saturated carbocycles. The minimum Gasteiger partial charge on any atom is -0.478 e. The van der Waals surface area contributed by atoms with E-state index >= 15 is 0 Å². The maximum Gasteiger partial charge on any atom is 0.335 e. The Labute approximate surface area is 81.4 Å². The number of benzene rings is 1. The van der Waals surface area contributed by atoms with Crippen LogP contribution in [0.15, 0.2) is 29.3 Å². The van der Waals surface area contributed by atoms with Crippen LogP contribution in [0.25, 0.3) is 6.08 Å². The van der Waals surface area contributed by atoms with Crippen molar-refractivity contribution >= 4 is 23.9 Å². The first-order valence-electron chi connectivity index (χ1n) is 4.34. The fourth-order valence-corrected chi connectivity index (χ4v) is 1.35. The Morgan fingerprint density at radius 1 is 1.43 bits per heavy atom. The zero-order valence-corrected chi connectivity index (χ0v) is 7.47. The van der Waals surface area contributed by atoms with Gasteiger partial charge in [-0.2, -0.15) is 0 Å². The number of allylic oxidation sites excluding steroid dienone is 1. The number of hydrogen-bond acceptors (Lipinski definition) is 2. The first kappa shape index (κ1) is 8.69. The summed E-state index contributed by atoms with van der Waals surface area (Å²) in [6, 6.07) is 4.93. The number of carboxylic acid groups (broad SMARTS) is 1. The number of fused-ring (bicyclic) bond motifs is 1. The fraction of sp³-hybridized carbons (Fsp3) is 0.0909. The molecule has 70 valence electrons. The van der Waals surface area contributed by atoms with E-state index in [-0.39, 0.29) is 0 Å². The molecule has 0 fully saturated rings. The highest BCUT2D eigenvalue weighted by molar-refractivity contribution is 5.90. The SMILES string of the molecule is O=C(O)c1ccc2c(c1)C=CCC=N2. The highest BCUT2D eigenvalue weighted by Crippen LogP contribution is 2.23. The summed E-state index contributed by atoms with van der Waals surface area (Å²) >= 11 is 0. The standard InChI is InChI=1S/C11H9NO2/c13-11(14)9-4-5-10-8(7-9)3-1-2-6-12-10/h1,3-7H,2H2,(H,13,14). The van der Waals surface area contributed by atoms with Crippen LogP contribution in [0, 0.1) is 0 Å². The van der Waals surface area contributed by atoms with Crippen LogP contribution in [0.1, 0.15) is 22.3 Å². The van der Waals surface area contributed by atoms with Gasteiger partial charge in [-0.3, -0.25) is 4.99 Å². The summed E-state index contributed by atoms with van der Waals surface area (Å²) in [7, 11) is 0. The van der Waals surface area contributed by atoms with Gasteiger partial charge in [0.15, 0.2) is 0 Å². The topological polar surface area (TPSA) is 49.7 Å². The summed E-state index contributed by atoms with van der Waals surface area (Å²) in [5, 5.41) is 8.79. The lowest BCUT2D eigenvalue weighted by Crippen LogP contribution is -1.95. The van der Waals surface area contributed by atoms with E-state index in [1.165, 1.54) is 0 Å². The van der Waals surface area contributed by atoms with Crippen LogP contribution in [-0.4, -0.2) is 17.3 Å². The molecule has 0 radical (unpaired) electrons. The van der Waals surface area contributed by atoms with Gasteiger partial charge >= 0.3 is 5.97 Å². The van der Waals surface area contributed by atoms with Crippen molar-refractivity contribution in [3.05, 3.63) is 35.4 Å². The molecule has 0 atom stereocenters. The van der Waals surface area contributed by atoms with Crippen molar-refractivity contribution in [2.75, 3.05) is 0 Å². The van der Waals surface area contributed by atoms with Gasteiger partial charge in [0.2, 0.25) is 0 Å². The molecule has 1 aromatic rings. The largest absolute Gasteiger partial charge is 0.478 e. The highest BCUT2D eigenvalue weighted by Gasteiger charge is 2.06. The average Bonchev–Trinajstić information content (AvgIpc) is 2.41. The van der Waals surface area contributed by atoms with Gasteiger partial charge in [-0.05, 0) is 18.2 Å². The molecule has 1 aliphatic rings. The Balaban J connectivity index is 2.53. The van der Waals surface area contributed by atoms with Gasteiger partial charge in [0.25, 0.3) is 0 Å². The van der Waals surface area contributed by atoms with Crippen LogP contribution in [0.2, 0.25) is 0 Å². The third kappa shape index (κ3) is 1.57. The third-order valence-electron chi connectivity index (χ3n) is 2.04. The number of aromatic carboxylic acids is 1. The van der Waals surface area contributed by atoms with Crippen molar-refractivity contribution < 1.29 is 9.90 Å². The molecule has 0 aromatic heterocycles. The van der Waals surface area contributed by atoms with E-state index in [2.05, 4.69) is 4.99 Å². The molecule has 3 nitrogen and oxygen atoms in total.